The van der Waals surface area contributed by atoms with E-state index in [1.54, 1.807) is 0 Å². The summed E-state index contributed by atoms with van der Waals surface area (Å²) in [5.74, 6) is 0.339. The van der Waals surface area contributed by atoms with Crippen LogP contribution in [0.4, 0.5) is 0 Å². The Kier molecular flexibility index (Phi) is 8.62. The summed E-state index contributed by atoms with van der Waals surface area (Å²) in [6, 6.07) is 0. The Balaban J connectivity index is 0. The number of guanidine groups is 1. The number of hydrogen-bond donors (Lipinski definition) is 1. The molecule has 0 aromatic carbocycles. The second-order valence-electron chi connectivity index (χ2n) is 1.51. The zero-order chi connectivity index (χ0) is 5.11. The molecule has 0 unspecified atom stereocenters. The first-order valence-corrected chi connectivity index (χ1v) is 2.39. The van der Waals surface area contributed by atoms with Gasteiger partial charge in [-0.05, 0) is 19.5 Å². The molecule has 0 aromatic heterocycles. The van der Waals surface area contributed by atoms with Gasteiger partial charge in [0, 0.05) is 5.96 Å². The van der Waals surface area contributed by atoms with E-state index in [-0.39, 0.29) is 38.5 Å². The molecule has 4 heteroatoms. The zero-order valence-corrected chi connectivity index (χ0v) is 9.73. The standard InChI is InChI=1S/C4H8N3.CH3.U/c5-4-6-2-1-3-7-4;;/h1-3H2,(H2-,5,6,7);1H3;/q2*-1;+2. The minimum absolute atomic E-state index is 0. The average molecular weight is 351 g/mol. The molecule has 1 aliphatic rings. The first kappa shape index (κ1) is 12.0. The van der Waals surface area contributed by atoms with Crippen molar-refractivity contribution >= 4 is 5.96 Å². The van der Waals surface area contributed by atoms with Crippen LogP contribution in [0.2, 0.25) is 0 Å². The molecule has 2 N–H and O–H groups in total. The average Bonchev–Trinajstić information content (AvgIpc) is 1.69. The maximum Gasteiger partial charge on any atom is 2.00 e. The van der Waals surface area contributed by atoms with E-state index in [0.29, 0.717) is 5.96 Å². The van der Waals surface area contributed by atoms with Crippen LogP contribution in [0.25, 0.3) is 5.73 Å². The van der Waals surface area contributed by atoms with E-state index in [0.717, 1.165) is 19.5 Å². The van der Waals surface area contributed by atoms with E-state index in [1.807, 2.05) is 0 Å². The van der Waals surface area contributed by atoms with Crippen LogP contribution in [-0.2, 0) is 0 Å². The number of aliphatic imine (C=N–C) groups is 1. The Morgan fingerprint density at radius 3 is 2.44 bits per heavy atom. The van der Waals surface area contributed by atoms with Gasteiger partial charge < -0.3 is 23.5 Å². The van der Waals surface area contributed by atoms with Gasteiger partial charge in [-0.3, -0.25) is 0 Å². The van der Waals surface area contributed by atoms with E-state index in [4.69, 9.17) is 5.73 Å². The van der Waals surface area contributed by atoms with E-state index < -0.39 is 0 Å². The fraction of sp³-hybridized carbons (Fsp3) is 0.600. The van der Waals surface area contributed by atoms with Crippen LogP contribution in [0.5, 0.6) is 0 Å². The normalized spacial score (nSPS) is 15.8. The van der Waals surface area contributed by atoms with Crippen molar-refractivity contribution in [1.29, 1.82) is 0 Å². The van der Waals surface area contributed by atoms with Gasteiger partial charge in [-0.15, -0.1) is 0 Å². The van der Waals surface area contributed by atoms with Crippen LogP contribution in [0.1, 0.15) is 6.42 Å². The summed E-state index contributed by atoms with van der Waals surface area (Å²) < 4.78 is 0. The quantitative estimate of drug-likeness (QED) is 0.646. The van der Waals surface area contributed by atoms with Crippen molar-refractivity contribution in [3.8, 4) is 0 Å². The Morgan fingerprint density at radius 2 is 2.22 bits per heavy atom. The molecule has 1 heterocycles. The number of nitrogens with zero attached hydrogens (tertiary/aromatic N) is 1. The fourth-order valence-corrected chi connectivity index (χ4v) is 0.533. The maximum absolute atomic E-state index is 6.91. The predicted octanol–water partition coefficient (Wildman–Crippen LogP) is 0.838. The molecule has 0 saturated carbocycles. The van der Waals surface area contributed by atoms with E-state index >= 15 is 0 Å². The molecule has 0 atom stereocenters. The molecule has 3 nitrogen and oxygen atoms in total. The first-order valence-electron chi connectivity index (χ1n) is 2.39. The van der Waals surface area contributed by atoms with Crippen LogP contribution < -0.4 is 5.32 Å². The zero-order valence-electron chi connectivity index (χ0n) is 5.57. The molecule has 0 aliphatic carbocycles. The van der Waals surface area contributed by atoms with Gasteiger partial charge in [0.15, 0.2) is 0 Å². The molecule has 0 saturated heterocycles. The van der Waals surface area contributed by atoms with Crippen LogP contribution in [0, 0.1) is 38.5 Å². The van der Waals surface area contributed by atoms with Crippen LogP contribution in [0.3, 0.4) is 0 Å². The Morgan fingerprint density at radius 1 is 1.56 bits per heavy atom. The topological polar surface area (TPSA) is 48.2 Å². The van der Waals surface area contributed by atoms with Gasteiger partial charge in [0.2, 0.25) is 0 Å². The third-order valence-corrected chi connectivity index (χ3v) is 0.897. The minimum atomic E-state index is 0. The van der Waals surface area contributed by atoms with Crippen molar-refractivity contribution in [2.24, 2.45) is 4.99 Å². The Bertz CT molecular complexity index is 92.2. The monoisotopic (exact) mass is 351 g/mol. The van der Waals surface area contributed by atoms with Gasteiger partial charge in [-0.25, -0.2) is 0 Å². The summed E-state index contributed by atoms with van der Waals surface area (Å²) in [4.78, 5) is 3.80. The summed E-state index contributed by atoms with van der Waals surface area (Å²) >= 11 is 0. The number of nitrogens with one attached hydrogen (secondary N) is 2. The summed E-state index contributed by atoms with van der Waals surface area (Å²) in [7, 11) is 0. The van der Waals surface area contributed by atoms with E-state index in [2.05, 4.69) is 10.3 Å². The third kappa shape index (κ3) is 4.80. The van der Waals surface area contributed by atoms with Gasteiger partial charge in [-0.2, -0.15) is 0 Å². The molecule has 0 amide bonds. The molecule has 1 aliphatic heterocycles. The van der Waals surface area contributed by atoms with Crippen molar-refractivity contribution < 1.29 is 31.1 Å². The Labute approximate surface area is 79.9 Å². The molecule has 0 fully saturated rings. The van der Waals surface area contributed by atoms with Gasteiger partial charge in [-0.1, -0.05) is 0 Å². The van der Waals surface area contributed by atoms with Crippen molar-refractivity contribution in [2.45, 2.75) is 6.42 Å². The molecule has 0 bridgehead atoms. The smallest absolute Gasteiger partial charge is 0.440 e. The fourth-order valence-electron chi connectivity index (χ4n) is 0.533. The Hall–Kier alpha value is 0.322. The molecule has 9 heavy (non-hydrogen) atoms. The van der Waals surface area contributed by atoms with E-state index in [9.17, 15) is 0 Å². The summed E-state index contributed by atoms with van der Waals surface area (Å²) in [5, 5.41) is 2.80. The van der Waals surface area contributed by atoms with Crippen molar-refractivity contribution in [1.82, 2.24) is 5.32 Å². The molecular formula is C5H11N3U. The van der Waals surface area contributed by atoms with Crippen LogP contribution in [0.15, 0.2) is 4.99 Å². The summed E-state index contributed by atoms with van der Waals surface area (Å²) in [5.41, 5.74) is 6.91. The molecule has 0 radical (unpaired) electrons. The van der Waals surface area contributed by atoms with Crippen molar-refractivity contribution in [3.63, 3.8) is 0 Å². The van der Waals surface area contributed by atoms with Gasteiger partial charge in [0.25, 0.3) is 0 Å². The van der Waals surface area contributed by atoms with Gasteiger partial charge in [0.05, 0.1) is 0 Å². The molecule has 0 aromatic rings. The molecular weight excluding hydrogens is 340 g/mol. The molecule has 50 valence electrons. The van der Waals surface area contributed by atoms with E-state index in [1.165, 1.54) is 0 Å². The largest absolute Gasteiger partial charge is 2.00 e. The van der Waals surface area contributed by atoms with Crippen molar-refractivity contribution in [3.05, 3.63) is 13.2 Å². The maximum atomic E-state index is 6.91. The third-order valence-electron chi connectivity index (χ3n) is 0.897. The number of hydrogen-bond acceptors (Lipinski definition) is 2. The van der Waals surface area contributed by atoms with Gasteiger partial charge >= 0.3 is 31.1 Å². The molecule has 1 rings (SSSR count). The van der Waals surface area contributed by atoms with Crippen LogP contribution >= 0.6 is 0 Å². The second-order valence-corrected chi connectivity index (χ2v) is 1.51. The summed E-state index contributed by atoms with van der Waals surface area (Å²) in [6.45, 7) is 1.74. The predicted molar refractivity (Wildman–Crippen MR) is 35.7 cm³/mol. The SMILES string of the molecule is [CH3-].[NH-]C1=NCCCN1.[U+2]. The summed E-state index contributed by atoms with van der Waals surface area (Å²) in [6.07, 6.45) is 1.07. The minimum Gasteiger partial charge on any atom is -0.440 e. The van der Waals surface area contributed by atoms with Crippen molar-refractivity contribution in [2.75, 3.05) is 13.1 Å². The first-order chi connectivity index (χ1) is 3.39. The second kappa shape index (κ2) is 6.44. The number of rotatable bonds is 0. The van der Waals surface area contributed by atoms with Gasteiger partial charge in [0.1, 0.15) is 0 Å². The molecule has 0 spiro atoms. The van der Waals surface area contributed by atoms with Crippen LogP contribution in [-0.4, -0.2) is 19.0 Å².